The van der Waals surface area contributed by atoms with E-state index >= 15 is 0 Å². The van der Waals surface area contributed by atoms with Gasteiger partial charge in [0.2, 0.25) is 0 Å². The number of hydrogen-bond acceptors (Lipinski definition) is 7. The fourth-order valence-electron chi connectivity index (χ4n) is 4.76. The zero-order valence-corrected chi connectivity index (χ0v) is 19.5. The molecule has 0 aliphatic carbocycles. The third-order valence-corrected chi connectivity index (χ3v) is 6.94. The topological polar surface area (TPSA) is 76.3 Å². The summed E-state index contributed by atoms with van der Waals surface area (Å²) in [5, 5.41) is 9.35. The van der Waals surface area contributed by atoms with Crippen molar-refractivity contribution in [1.29, 1.82) is 0 Å². The molecule has 1 aromatic carbocycles. The predicted octanol–water partition coefficient (Wildman–Crippen LogP) is 4.55. The summed E-state index contributed by atoms with van der Waals surface area (Å²) in [6.07, 6.45) is 5.37. The van der Waals surface area contributed by atoms with E-state index in [0.717, 1.165) is 74.3 Å². The van der Waals surface area contributed by atoms with E-state index in [1.807, 2.05) is 6.92 Å². The number of piperidine rings is 1. The fourth-order valence-corrected chi connectivity index (χ4v) is 5.08. The molecule has 4 heterocycles. The fraction of sp³-hybridized carbons (Fsp3) is 0.542. The van der Waals surface area contributed by atoms with Crippen LogP contribution in [0.5, 0.6) is 0 Å². The molecular formula is C24H30ClN5O2. The van der Waals surface area contributed by atoms with E-state index < -0.39 is 0 Å². The molecule has 0 amide bonds. The summed E-state index contributed by atoms with van der Waals surface area (Å²) in [6.45, 7) is 7.46. The Bertz CT molecular complexity index is 1090. The van der Waals surface area contributed by atoms with E-state index in [0.29, 0.717) is 28.8 Å². The molecule has 7 nitrogen and oxygen atoms in total. The molecule has 8 heteroatoms. The lowest BCUT2D eigenvalue weighted by atomic mass is 10.0. The van der Waals surface area contributed by atoms with Gasteiger partial charge in [-0.2, -0.15) is 4.98 Å². The van der Waals surface area contributed by atoms with Crippen molar-refractivity contribution in [2.24, 2.45) is 0 Å². The number of hydrogen-bond donors (Lipinski definition) is 1. The van der Waals surface area contributed by atoms with Gasteiger partial charge in [-0.25, -0.2) is 4.98 Å². The van der Waals surface area contributed by atoms with Gasteiger partial charge in [-0.3, -0.25) is 0 Å². The highest BCUT2D eigenvalue weighted by Gasteiger charge is 2.28. The minimum Gasteiger partial charge on any atom is -0.380 e. The van der Waals surface area contributed by atoms with Gasteiger partial charge >= 0.3 is 0 Å². The minimum absolute atomic E-state index is 0.429. The summed E-state index contributed by atoms with van der Waals surface area (Å²) < 4.78 is 11.2. The maximum Gasteiger partial charge on any atom is 0.263 e. The van der Waals surface area contributed by atoms with E-state index in [4.69, 9.17) is 25.8 Å². The SMILES string of the molecule is CCc1ccc2nc(N3CCC(N[C@@H]4CCCOC4)CC3)c(-c3nc(C)no3)c(Cl)c2c1. The van der Waals surface area contributed by atoms with Crippen LogP contribution in [-0.2, 0) is 11.2 Å². The van der Waals surface area contributed by atoms with Crippen molar-refractivity contribution in [3.05, 3.63) is 34.6 Å². The number of aromatic nitrogens is 3. The largest absolute Gasteiger partial charge is 0.380 e. The molecular weight excluding hydrogens is 426 g/mol. The van der Waals surface area contributed by atoms with Gasteiger partial charge < -0.3 is 19.5 Å². The Morgan fingerprint density at radius 2 is 2.00 bits per heavy atom. The molecule has 170 valence electrons. The summed E-state index contributed by atoms with van der Waals surface area (Å²) in [7, 11) is 0. The zero-order valence-electron chi connectivity index (χ0n) is 18.7. The van der Waals surface area contributed by atoms with Crippen LogP contribution in [0.25, 0.3) is 22.4 Å². The zero-order chi connectivity index (χ0) is 22.1. The number of nitrogens with one attached hydrogen (secondary N) is 1. The van der Waals surface area contributed by atoms with Crippen molar-refractivity contribution in [2.75, 3.05) is 31.2 Å². The molecule has 1 N–H and O–H groups in total. The lowest BCUT2D eigenvalue weighted by Gasteiger charge is -2.36. The van der Waals surface area contributed by atoms with Crippen molar-refractivity contribution >= 4 is 28.3 Å². The number of rotatable bonds is 5. The van der Waals surface area contributed by atoms with E-state index in [1.54, 1.807) is 0 Å². The summed E-state index contributed by atoms with van der Waals surface area (Å²) in [4.78, 5) is 11.8. The Balaban J connectivity index is 1.45. The number of halogens is 1. The number of aryl methyl sites for hydroxylation is 2. The van der Waals surface area contributed by atoms with Gasteiger partial charge in [0, 0.05) is 37.2 Å². The lowest BCUT2D eigenvalue weighted by Crippen LogP contribution is -2.48. The van der Waals surface area contributed by atoms with E-state index in [9.17, 15) is 0 Å². The van der Waals surface area contributed by atoms with E-state index in [1.165, 1.54) is 12.0 Å². The Hall–Kier alpha value is -2.22. The van der Waals surface area contributed by atoms with E-state index in [-0.39, 0.29) is 0 Å². The van der Waals surface area contributed by atoms with Crippen LogP contribution in [0.15, 0.2) is 22.7 Å². The molecule has 0 radical (unpaired) electrons. The van der Waals surface area contributed by atoms with Gasteiger partial charge in [0.05, 0.1) is 17.1 Å². The molecule has 2 aromatic heterocycles. The number of benzene rings is 1. The van der Waals surface area contributed by atoms with Gasteiger partial charge in [0.25, 0.3) is 5.89 Å². The first kappa shape index (κ1) is 21.6. The number of fused-ring (bicyclic) bond motifs is 1. The van der Waals surface area contributed by atoms with Crippen LogP contribution < -0.4 is 10.2 Å². The number of anilines is 1. The monoisotopic (exact) mass is 455 g/mol. The van der Waals surface area contributed by atoms with Crippen LogP contribution in [0.4, 0.5) is 5.82 Å². The highest BCUT2D eigenvalue weighted by Crippen LogP contribution is 2.40. The summed E-state index contributed by atoms with van der Waals surface area (Å²) >= 11 is 6.98. The van der Waals surface area contributed by atoms with Gasteiger partial charge in [-0.05, 0) is 56.7 Å². The van der Waals surface area contributed by atoms with Crippen molar-refractivity contribution in [3.8, 4) is 11.5 Å². The van der Waals surface area contributed by atoms with Crippen molar-refractivity contribution in [3.63, 3.8) is 0 Å². The van der Waals surface area contributed by atoms with Gasteiger partial charge in [0.1, 0.15) is 11.4 Å². The maximum absolute atomic E-state index is 6.98. The Labute approximate surface area is 193 Å². The van der Waals surface area contributed by atoms with Crippen LogP contribution in [0.3, 0.4) is 0 Å². The minimum atomic E-state index is 0.429. The number of nitrogens with zero attached hydrogens (tertiary/aromatic N) is 4. The van der Waals surface area contributed by atoms with Crippen molar-refractivity contribution < 1.29 is 9.26 Å². The Morgan fingerprint density at radius 1 is 1.16 bits per heavy atom. The Kier molecular flexibility index (Phi) is 6.31. The molecule has 3 aromatic rings. The number of ether oxygens (including phenoxy) is 1. The Morgan fingerprint density at radius 3 is 2.69 bits per heavy atom. The van der Waals surface area contributed by atoms with E-state index in [2.05, 4.69) is 45.5 Å². The molecule has 1 atom stereocenters. The van der Waals surface area contributed by atoms with Crippen molar-refractivity contribution in [1.82, 2.24) is 20.4 Å². The quantitative estimate of drug-likeness (QED) is 0.604. The molecule has 0 unspecified atom stereocenters. The van der Waals surface area contributed by atoms with Crippen LogP contribution in [-0.4, -0.2) is 53.5 Å². The second-order valence-corrected chi connectivity index (χ2v) is 9.20. The molecule has 2 saturated heterocycles. The average molecular weight is 456 g/mol. The first-order valence-corrected chi connectivity index (χ1v) is 12.0. The van der Waals surface area contributed by atoms with Gasteiger partial charge in [-0.15, -0.1) is 0 Å². The highest BCUT2D eigenvalue weighted by atomic mass is 35.5. The first-order valence-electron chi connectivity index (χ1n) is 11.6. The third kappa shape index (κ3) is 4.34. The van der Waals surface area contributed by atoms with Crippen LogP contribution in [0.1, 0.15) is 44.0 Å². The summed E-state index contributed by atoms with van der Waals surface area (Å²) in [5.74, 6) is 1.84. The molecule has 2 fully saturated rings. The first-order chi connectivity index (χ1) is 15.6. The van der Waals surface area contributed by atoms with Crippen LogP contribution >= 0.6 is 11.6 Å². The lowest BCUT2D eigenvalue weighted by molar-refractivity contribution is 0.0650. The normalized spacial score (nSPS) is 20.2. The molecule has 0 spiro atoms. The average Bonchev–Trinajstić information content (AvgIpc) is 3.25. The standard InChI is InChI=1S/C24H30ClN5O2/c1-3-16-6-7-20-19(13-16)22(25)21(24-26-15(2)29-32-24)23(28-20)30-10-8-17(9-11-30)27-18-5-4-12-31-14-18/h6-7,13,17-18,27H,3-5,8-12,14H2,1-2H3/t18-/m1/s1. The molecule has 5 rings (SSSR count). The smallest absolute Gasteiger partial charge is 0.263 e. The second kappa shape index (κ2) is 9.33. The van der Waals surface area contributed by atoms with Crippen molar-refractivity contribution in [2.45, 2.75) is 58.0 Å². The third-order valence-electron chi connectivity index (χ3n) is 6.54. The van der Waals surface area contributed by atoms with Crippen LogP contribution in [0, 0.1) is 6.92 Å². The number of pyridine rings is 1. The summed E-state index contributed by atoms with van der Waals surface area (Å²) in [6, 6.07) is 7.26. The van der Waals surface area contributed by atoms with Gasteiger partial charge in [-0.1, -0.05) is 29.7 Å². The molecule has 2 aliphatic heterocycles. The van der Waals surface area contributed by atoms with Crippen LogP contribution in [0.2, 0.25) is 5.02 Å². The molecule has 0 saturated carbocycles. The molecule has 2 aliphatic rings. The molecule has 32 heavy (non-hydrogen) atoms. The maximum atomic E-state index is 6.98. The highest BCUT2D eigenvalue weighted by molar-refractivity contribution is 6.38. The second-order valence-electron chi connectivity index (χ2n) is 8.82. The predicted molar refractivity (Wildman–Crippen MR) is 126 cm³/mol. The summed E-state index contributed by atoms with van der Waals surface area (Å²) in [5.41, 5.74) is 2.85. The molecule has 0 bridgehead atoms. The van der Waals surface area contributed by atoms with Gasteiger partial charge in [0.15, 0.2) is 5.82 Å².